The molecule has 0 fully saturated rings. The third kappa shape index (κ3) is 4.98. The van der Waals surface area contributed by atoms with Gasteiger partial charge in [-0.2, -0.15) is 5.26 Å². The van der Waals surface area contributed by atoms with E-state index in [0.717, 1.165) is 0 Å². The molecule has 1 rings (SSSR count). The Morgan fingerprint density at radius 2 is 2.20 bits per heavy atom. The van der Waals surface area contributed by atoms with Crippen LogP contribution in [0.15, 0.2) is 24.3 Å². The zero-order chi connectivity index (χ0) is 15.0. The van der Waals surface area contributed by atoms with Crippen molar-refractivity contribution in [2.75, 3.05) is 26.0 Å². The van der Waals surface area contributed by atoms with Gasteiger partial charge in [-0.3, -0.25) is 4.79 Å². The van der Waals surface area contributed by atoms with E-state index in [2.05, 4.69) is 10.1 Å². The lowest BCUT2D eigenvalue weighted by Gasteiger charge is -2.17. The van der Waals surface area contributed by atoms with Crippen LogP contribution in [0.25, 0.3) is 0 Å². The number of nitriles is 1. The fourth-order valence-electron chi connectivity index (χ4n) is 1.55. The second kappa shape index (κ2) is 7.79. The van der Waals surface area contributed by atoms with Gasteiger partial charge in [0.15, 0.2) is 0 Å². The Balaban J connectivity index is 2.45. The van der Waals surface area contributed by atoms with E-state index >= 15 is 0 Å². The predicted octanol–water partition coefficient (Wildman–Crippen LogP) is 1.98. The molecule has 0 aliphatic rings. The minimum atomic E-state index is -0.291. The zero-order valence-electron chi connectivity index (χ0n) is 11.5. The van der Waals surface area contributed by atoms with Crippen LogP contribution in [0.3, 0.4) is 0 Å². The van der Waals surface area contributed by atoms with Gasteiger partial charge in [-0.05, 0) is 24.6 Å². The Morgan fingerprint density at radius 3 is 2.85 bits per heavy atom. The van der Waals surface area contributed by atoms with Crippen LogP contribution in [0.4, 0.5) is 10.5 Å². The van der Waals surface area contributed by atoms with Crippen molar-refractivity contribution >= 4 is 17.7 Å². The summed E-state index contributed by atoms with van der Waals surface area (Å²) in [5.74, 6) is -0.291. The summed E-state index contributed by atoms with van der Waals surface area (Å²) in [5, 5.41) is 11.5. The van der Waals surface area contributed by atoms with Gasteiger partial charge in [0.1, 0.15) is 0 Å². The number of hydrogen-bond acceptors (Lipinski definition) is 4. The fraction of sp³-hybridized carbons (Fsp3) is 0.357. The summed E-state index contributed by atoms with van der Waals surface area (Å²) in [7, 11) is 2.97. The maximum Gasteiger partial charge on any atom is 0.321 e. The largest absolute Gasteiger partial charge is 0.469 e. The van der Waals surface area contributed by atoms with Crippen molar-refractivity contribution in [3.8, 4) is 6.07 Å². The number of carbonyl (C=O) groups is 2. The van der Waals surface area contributed by atoms with Gasteiger partial charge in [-0.15, -0.1) is 0 Å². The minimum absolute atomic E-state index is 0.276. The lowest BCUT2D eigenvalue weighted by Crippen LogP contribution is -2.32. The molecule has 1 aromatic carbocycles. The highest BCUT2D eigenvalue weighted by Crippen LogP contribution is 2.10. The molecule has 6 nitrogen and oxygen atoms in total. The number of nitrogens with one attached hydrogen (secondary N) is 1. The summed E-state index contributed by atoms with van der Waals surface area (Å²) in [6.07, 6.45) is 0.812. The smallest absolute Gasteiger partial charge is 0.321 e. The van der Waals surface area contributed by atoms with Gasteiger partial charge in [-0.25, -0.2) is 4.79 Å². The Bertz CT molecular complexity index is 523. The summed E-state index contributed by atoms with van der Waals surface area (Å²) in [5.41, 5.74) is 1.05. The molecule has 6 heteroatoms. The average Bonchev–Trinajstić information content (AvgIpc) is 2.46. The molecule has 1 N–H and O–H groups in total. The van der Waals surface area contributed by atoms with Crippen LogP contribution in [0, 0.1) is 11.3 Å². The Hall–Kier alpha value is -2.55. The topological polar surface area (TPSA) is 82.4 Å². The molecule has 20 heavy (non-hydrogen) atoms. The first-order valence-electron chi connectivity index (χ1n) is 6.16. The third-order valence-electron chi connectivity index (χ3n) is 2.69. The number of benzene rings is 1. The van der Waals surface area contributed by atoms with E-state index in [9.17, 15) is 9.59 Å². The van der Waals surface area contributed by atoms with Crippen molar-refractivity contribution in [3.05, 3.63) is 29.8 Å². The third-order valence-corrected chi connectivity index (χ3v) is 2.69. The van der Waals surface area contributed by atoms with Crippen molar-refractivity contribution in [1.29, 1.82) is 5.26 Å². The number of nitrogens with zero attached hydrogens (tertiary/aromatic N) is 2. The van der Waals surface area contributed by atoms with Gasteiger partial charge < -0.3 is 15.0 Å². The predicted molar refractivity (Wildman–Crippen MR) is 74.1 cm³/mol. The van der Waals surface area contributed by atoms with Crippen molar-refractivity contribution in [1.82, 2.24) is 4.90 Å². The summed E-state index contributed by atoms with van der Waals surface area (Å²) in [6, 6.07) is 8.39. The highest BCUT2D eigenvalue weighted by Gasteiger charge is 2.09. The highest BCUT2D eigenvalue weighted by molar-refractivity contribution is 5.89. The van der Waals surface area contributed by atoms with Crippen LogP contribution in [-0.4, -0.2) is 37.6 Å². The van der Waals surface area contributed by atoms with Gasteiger partial charge in [0, 0.05) is 25.7 Å². The SMILES string of the molecule is COC(=O)CCCN(C)C(=O)Nc1cccc(C#N)c1. The van der Waals surface area contributed by atoms with E-state index in [1.54, 1.807) is 31.3 Å². The van der Waals surface area contributed by atoms with Crippen LogP contribution in [0.5, 0.6) is 0 Å². The maximum absolute atomic E-state index is 11.9. The maximum atomic E-state index is 11.9. The van der Waals surface area contributed by atoms with Gasteiger partial charge in [0.25, 0.3) is 0 Å². The second-order valence-corrected chi connectivity index (χ2v) is 4.22. The van der Waals surface area contributed by atoms with Gasteiger partial charge in [-0.1, -0.05) is 6.07 Å². The van der Waals surface area contributed by atoms with E-state index in [1.165, 1.54) is 12.0 Å². The number of amides is 2. The summed E-state index contributed by atoms with van der Waals surface area (Å²) >= 11 is 0. The molecule has 0 unspecified atom stereocenters. The number of hydrogen-bond donors (Lipinski definition) is 1. The Kier molecular flexibility index (Phi) is 6.04. The van der Waals surface area contributed by atoms with Crippen LogP contribution in [0.2, 0.25) is 0 Å². The second-order valence-electron chi connectivity index (χ2n) is 4.22. The van der Waals surface area contributed by atoms with Crippen molar-refractivity contribution in [2.45, 2.75) is 12.8 Å². The number of rotatable bonds is 5. The molecule has 0 aliphatic heterocycles. The van der Waals surface area contributed by atoms with Gasteiger partial charge in [0.2, 0.25) is 0 Å². The van der Waals surface area contributed by atoms with Crippen LogP contribution in [0.1, 0.15) is 18.4 Å². The monoisotopic (exact) mass is 275 g/mol. The van der Waals surface area contributed by atoms with Crippen LogP contribution in [-0.2, 0) is 9.53 Å². The van der Waals surface area contributed by atoms with E-state index in [-0.39, 0.29) is 18.4 Å². The van der Waals surface area contributed by atoms with E-state index in [1.807, 2.05) is 6.07 Å². The van der Waals surface area contributed by atoms with Crippen LogP contribution < -0.4 is 5.32 Å². The number of ether oxygens (including phenoxy) is 1. The number of esters is 1. The molecule has 0 spiro atoms. The summed E-state index contributed by atoms with van der Waals surface area (Å²) < 4.78 is 4.53. The van der Waals surface area contributed by atoms with Crippen molar-refractivity contribution in [3.63, 3.8) is 0 Å². The normalized spacial score (nSPS) is 9.45. The summed E-state index contributed by atoms with van der Waals surface area (Å²) in [6.45, 7) is 0.443. The lowest BCUT2D eigenvalue weighted by molar-refractivity contribution is -0.140. The molecule has 0 atom stereocenters. The van der Waals surface area contributed by atoms with Crippen LogP contribution >= 0.6 is 0 Å². The standard InChI is InChI=1S/C14H17N3O3/c1-17(8-4-7-13(18)20-2)14(19)16-12-6-3-5-11(9-12)10-15/h3,5-6,9H,4,7-8H2,1-2H3,(H,16,19). The highest BCUT2D eigenvalue weighted by atomic mass is 16.5. The minimum Gasteiger partial charge on any atom is -0.469 e. The molecule has 0 saturated heterocycles. The number of methoxy groups -OCH3 is 1. The lowest BCUT2D eigenvalue weighted by atomic mass is 10.2. The van der Waals surface area contributed by atoms with E-state index < -0.39 is 0 Å². The first-order valence-corrected chi connectivity index (χ1v) is 6.16. The van der Waals surface area contributed by atoms with Gasteiger partial charge >= 0.3 is 12.0 Å². The van der Waals surface area contributed by atoms with Crippen molar-refractivity contribution < 1.29 is 14.3 Å². The molecule has 0 saturated carbocycles. The average molecular weight is 275 g/mol. The molecule has 0 radical (unpaired) electrons. The first kappa shape index (κ1) is 15.5. The molecule has 0 bridgehead atoms. The molecule has 2 amide bonds. The van der Waals surface area contributed by atoms with E-state index in [0.29, 0.717) is 24.2 Å². The van der Waals surface area contributed by atoms with E-state index in [4.69, 9.17) is 5.26 Å². The summed E-state index contributed by atoms with van der Waals surface area (Å²) in [4.78, 5) is 24.3. The molecule has 1 aromatic rings. The number of urea groups is 1. The quantitative estimate of drug-likeness (QED) is 0.833. The zero-order valence-corrected chi connectivity index (χ0v) is 11.5. The Morgan fingerprint density at radius 1 is 1.45 bits per heavy atom. The number of carbonyl (C=O) groups excluding carboxylic acids is 2. The molecular weight excluding hydrogens is 258 g/mol. The molecule has 0 heterocycles. The molecule has 106 valence electrons. The fourth-order valence-corrected chi connectivity index (χ4v) is 1.55. The number of anilines is 1. The van der Waals surface area contributed by atoms with Gasteiger partial charge in [0.05, 0.1) is 18.7 Å². The molecule has 0 aliphatic carbocycles. The molecule has 0 aromatic heterocycles. The first-order chi connectivity index (χ1) is 9.56. The molecular formula is C14H17N3O3. The van der Waals surface area contributed by atoms with Crippen molar-refractivity contribution in [2.24, 2.45) is 0 Å². The Labute approximate surface area is 117 Å².